The van der Waals surface area contributed by atoms with Crippen molar-refractivity contribution in [1.82, 2.24) is 10.2 Å². The van der Waals surface area contributed by atoms with Crippen molar-refractivity contribution in [3.63, 3.8) is 0 Å². The molecule has 0 radical (unpaired) electrons. The average molecular weight is 343 g/mol. The van der Waals surface area contributed by atoms with E-state index in [2.05, 4.69) is 21.6 Å². The molecule has 0 aliphatic heterocycles. The Morgan fingerprint density at radius 3 is 2.54 bits per heavy atom. The van der Waals surface area contributed by atoms with E-state index in [0.717, 1.165) is 16.7 Å². The molecule has 0 unspecified atom stereocenters. The number of nitrogens with zero attached hydrogens (tertiary/aromatic N) is 2. The van der Waals surface area contributed by atoms with E-state index in [4.69, 9.17) is 0 Å². The molecule has 1 amide bonds. The van der Waals surface area contributed by atoms with Gasteiger partial charge >= 0.3 is 5.97 Å². The van der Waals surface area contributed by atoms with Gasteiger partial charge in [0.05, 0.1) is 0 Å². The van der Waals surface area contributed by atoms with Gasteiger partial charge < -0.3 is 5.11 Å². The van der Waals surface area contributed by atoms with Crippen LogP contribution in [0.2, 0.25) is 0 Å². The summed E-state index contributed by atoms with van der Waals surface area (Å²) in [5, 5.41) is 21.1. The van der Waals surface area contributed by atoms with Gasteiger partial charge in [-0.1, -0.05) is 47.3 Å². The van der Waals surface area contributed by atoms with E-state index >= 15 is 0 Å². The third-order valence-corrected chi connectivity index (χ3v) is 5.07. The van der Waals surface area contributed by atoms with Crippen molar-refractivity contribution in [2.45, 2.75) is 26.7 Å². The number of hydrogen-bond acceptors (Lipinski definition) is 5. The van der Waals surface area contributed by atoms with Crippen LogP contribution in [0.25, 0.3) is 10.6 Å². The summed E-state index contributed by atoms with van der Waals surface area (Å²) < 4.78 is 0. The predicted molar refractivity (Wildman–Crippen MR) is 91.9 cm³/mol. The maximum absolute atomic E-state index is 12.4. The van der Waals surface area contributed by atoms with Crippen molar-refractivity contribution >= 4 is 28.3 Å². The number of anilines is 1. The monoisotopic (exact) mass is 343 g/mol. The second-order valence-corrected chi connectivity index (χ2v) is 6.93. The minimum Gasteiger partial charge on any atom is -0.480 e. The van der Waals surface area contributed by atoms with E-state index < -0.39 is 17.3 Å². The molecule has 6 nitrogen and oxygen atoms in total. The lowest BCUT2D eigenvalue weighted by atomic mass is 9.84. The molecule has 1 aliphatic carbocycles. The standard InChI is InChI=1S/C17H17N3O3S/c1-10-5-6-12(11(2)9-10)13-19-20-16(24-13)18-14(21)17(15(22)23)7-3-4-8-17/h3-6,9H,7-8H2,1-2H3,(H,22,23)(H,18,20,21). The fraction of sp³-hybridized carbons (Fsp3) is 0.294. The lowest BCUT2D eigenvalue weighted by Crippen LogP contribution is -2.41. The number of aliphatic carboxylic acids is 1. The molecule has 1 heterocycles. The SMILES string of the molecule is Cc1ccc(-c2nnc(NC(=O)C3(C(=O)O)CC=CC3)s2)c(C)c1. The average Bonchev–Trinajstić information content (AvgIpc) is 3.17. The Hall–Kier alpha value is -2.54. The molecule has 2 N–H and O–H groups in total. The third-order valence-electron chi connectivity index (χ3n) is 4.20. The van der Waals surface area contributed by atoms with Crippen molar-refractivity contribution < 1.29 is 14.7 Å². The maximum Gasteiger partial charge on any atom is 0.319 e. The number of carboxylic acids is 1. The molecule has 0 spiro atoms. The number of aromatic nitrogens is 2. The fourth-order valence-corrected chi connectivity index (χ4v) is 3.59. The van der Waals surface area contributed by atoms with E-state index in [-0.39, 0.29) is 12.8 Å². The van der Waals surface area contributed by atoms with Crippen LogP contribution in [-0.4, -0.2) is 27.2 Å². The normalized spacial score (nSPS) is 15.4. The first-order chi connectivity index (χ1) is 11.4. The highest BCUT2D eigenvalue weighted by Gasteiger charge is 2.46. The van der Waals surface area contributed by atoms with E-state index in [0.29, 0.717) is 10.1 Å². The van der Waals surface area contributed by atoms with E-state index in [1.807, 2.05) is 26.0 Å². The summed E-state index contributed by atoms with van der Waals surface area (Å²) in [5.41, 5.74) is 1.75. The Bertz CT molecular complexity index is 833. The smallest absolute Gasteiger partial charge is 0.319 e. The number of nitrogens with one attached hydrogen (secondary N) is 1. The first-order valence-corrected chi connectivity index (χ1v) is 8.35. The summed E-state index contributed by atoms with van der Waals surface area (Å²) in [6.45, 7) is 4.01. The summed E-state index contributed by atoms with van der Waals surface area (Å²) in [6, 6.07) is 6.01. The zero-order valence-electron chi connectivity index (χ0n) is 13.4. The molecule has 7 heteroatoms. The molecule has 0 fully saturated rings. The number of hydrogen-bond donors (Lipinski definition) is 2. The van der Waals surface area contributed by atoms with Crippen LogP contribution in [0.4, 0.5) is 5.13 Å². The molecule has 0 atom stereocenters. The van der Waals surface area contributed by atoms with Gasteiger partial charge in [0, 0.05) is 5.56 Å². The minimum absolute atomic E-state index is 0.191. The summed E-state index contributed by atoms with van der Waals surface area (Å²) in [6.07, 6.45) is 3.82. The molecule has 0 bridgehead atoms. The molecule has 1 aromatic carbocycles. The topological polar surface area (TPSA) is 92.2 Å². The summed E-state index contributed by atoms with van der Waals surface area (Å²) in [4.78, 5) is 24.0. The number of carbonyl (C=O) groups is 2. The van der Waals surface area contributed by atoms with Crippen molar-refractivity contribution in [2.24, 2.45) is 5.41 Å². The highest BCUT2D eigenvalue weighted by molar-refractivity contribution is 7.18. The van der Waals surface area contributed by atoms with Crippen LogP contribution >= 0.6 is 11.3 Å². The lowest BCUT2D eigenvalue weighted by Gasteiger charge is -2.21. The lowest BCUT2D eigenvalue weighted by molar-refractivity contribution is -0.153. The molecular weight excluding hydrogens is 326 g/mol. The third kappa shape index (κ3) is 2.82. The number of benzene rings is 1. The number of rotatable bonds is 4. The van der Waals surface area contributed by atoms with Gasteiger partial charge in [-0.05, 0) is 32.3 Å². The van der Waals surface area contributed by atoms with Crippen molar-refractivity contribution in [2.75, 3.05) is 5.32 Å². The molecule has 1 aliphatic rings. The number of amides is 1. The van der Waals surface area contributed by atoms with Crippen molar-refractivity contribution in [1.29, 1.82) is 0 Å². The van der Waals surface area contributed by atoms with Gasteiger partial charge in [-0.25, -0.2) is 0 Å². The molecule has 24 heavy (non-hydrogen) atoms. The Kier molecular flexibility index (Phi) is 4.19. The molecule has 124 valence electrons. The Balaban J connectivity index is 1.81. The van der Waals surface area contributed by atoms with Crippen LogP contribution in [0.3, 0.4) is 0 Å². The second kappa shape index (κ2) is 6.16. The number of allylic oxidation sites excluding steroid dienone is 2. The molecule has 2 aromatic rings. The van der Waals surface area contributed by atoms with E-state index in [9.17, 15) is 14.7 Å². The molecule has 1 aromatic heterocycles. The van der Waals surface area contributed by atoms with Gasteiger partial charge in [0.2, 0.25) is 11.0 Å². The summed E-state index contributed by atoms with van der Waals surface area (Å²) in [7, 11) is 0. The fourth-order valence-electron chi connectivity index (χ4n) is 2.76. The van der Waals surface area contributed by atoms with Crippen LogP contribution in [0.5, 0.6) is 0 Å². The molecule has 3 rings (SSSR count). The number of carbonyl (C=O) groups excluding carboxylic acids is 1. The van der Waals surface area contributed by atoms with E-state index in [1.165, 1.54) is 11.3 Å². The maximum atomic E-state index is 12.4. The Morgan fingerprint density at radius 2 is 1.92 bits per heavy atom. The quantitative estimate of drug-likeness (QED) is 0.657. The van der Waals surface area contributed by atoms with Crippen LogP contribution in [0.15, 0.2) is 30.4 Å². The first kappa shape index (κ1) is 16.3. The van der Waals surface area contributed by atoms with Crippen molar-refractivity contribution in [3.8, 4) is 10.6 Å². The number of carboxylic acid groups (broad SMARTS) is 1. The van der Waals surface area contributed by atoms with Crippen LogP contribution in [0, 0.1) is 19.3 Å². The summed E-state index contributed by atoms with van der Waals surface area (Å²) >= 11 is 1.24. The molecular formula is C17H17N3O3S. The predicted octanol–water partition coefficient (Wildman–Crippen LogP) is 3.18. The summed E-state index contributed by atoms with van der Waals surface area (Å²) in [5.74, 6) is -1.67. The van der Waals surface area contributed by atoms with E-state index in [1.54, 1.807) is 12.2 Å². The zero-order chi connectivity index (χ0) is 17.3. The van der Waals surface area contributed by atoms with Gasteiger partial charge in [0.1, 0.15) is 5.01 Å². The Morgan fingerprint density at radius 1 is 1.21 bits per heavy atom. The van der Waals surface area contributed by atoms with Gasteiger partial charge in [-0.15, -0.1) is 10.2 Å². The number of aryl methyl sites for hydroxylation is 2. The largest absolute Gasteiger partial charge is 0.480 e. The highest BCUT2D eigenvalue weighted by Crippen LogP contribution is 2.36. The van der Waals surface area contributed by atoms with Crippen LogP contribution in [0.1, 0.15) is 24.0 Å². The zero-order valence-corrected chi connectivity index (χ0v) is 14.2. The van der Waals surface area contributed by atoms with Gasteiger partial charge in [-0.2, -0.15) is 0 Å². The van der Waals surface area contributed by atoms with Crippen LogP contribution < -0.4 is 5.32 Å². The second-order valence-electron chi connectivity index (χ2n) is 5.95. The van der Waals surface area contributed by atoms with Gasteiger partial charge in [-0.3, -0.25) is 14.9 Å². The Labute approximate surface area is 143 Å². The van der Waals surface area contributed by atoms with Gasteiger partial charge in [0.15, 0.2) is 5.41 Å². The highest BCUT2D eigenvalue weighted by atomic mass is 32.1. The van der Waals surface area contributed by atoms with Crippen LogP contribution in [-0.2, 0) is 9.59 Å². The van der Waals surface area contributed by atoms with Gasteiger partial charge in [0.25, 0.3) is 0 Å². The first-order valence-electron chi connectivity index (χ1n) is 7.53. The molecule has 0 saturated heterocycles. The van der Waals surface area contributed by atoms with Crippen molar-refractivity contribution in [3.05, 3.63) is 41.5 Å². The molecule has 0 saturated carbocycles. The minimum atomic E-state index is -1.44.